The van der Waals surface area contributed by atoms with Gasteiger partial charge in [0.2, 0.25) is 0 Å². The Bertz CT molecular complexity index is 464. The molecule has 5 heteroatoms. The van der Waals surface area contributed by atoms with Crippen LogP contribution in [-0.2, 0) is 0 Å². The van der Waals surface area contributed by atoms with Gasteiger partial charge >= 0.3 is 0 Å². The third-order valence-corrected chi connectivity index (χ3v) is 4.71. The summed E-state index contributed by atoms with van der Waals surface area (Å²) < 4.78 is 0. The van der Waals surface area contributed by atoms with E-state index in [9.17, 15) is 9.90 Å². The summed E-state index contributed by atoms with van der Waals surface area (Å²) in [4.78, 5) is 18.3. The number of aliphatic hydroxyl groups is 1. The van der Waals surface area contributed by atoms with Crippen molar-refractivity contribution in [3.63, 3.8) is 0 Å². The number of carbonyl (C=O) groups is 1. The number of hydrogen-bond acceptors (Lipinski definition) is 4. The molecule has 1 amide bonds. The van der Waals surface area contributed by atoms with Crippen LogP contribution < -0.4 is 5.32 Å². The second-order valence-corrected chi connectivity index (χ2v) is 6.11. The van der Waals surface area contributed by atoms with Crippen molar-refractivity contribution in [1.82, 2.24) is 15.2 Å². The van der Waals surface area contributed by atoms with E-state index >= 15 is 0 Å². The van der Waals surface area contributed by atoms with Crippen molar-refractivity contribution in [1.29, 1.82) is 0 Å². The van der Waals surface area contributed by atoms with E-state index in [-0.39, 0.29) is 5.91 Å². The first-order chi connectivity index (χ1) is 10.2. The summed E-state index contributed by atoms with van der Waals surface area (Å²) in [6.07, 6.45) is 9.05. The number of amides is 1. The van der Waals surface area contributed by atoms with Crippen LogP contribution in [0.15, 0.2) is 24.5 Å². The van der Waals surface area contributed by atoms with Gasteiger partial charge in [0.15, 0.2) is 0 Å². The van der Waals surface area contributed by atoms with E-state index in [0.717, 1.165) is 0 Å². The fourth-order valence-corrected chi connectivity index (χ4v) is 3.65. The standard InChI is InChI=1S/C16H23N3O2/c20-15(10-18-16(21)12-6-8-17-9-7-12)11-19-13-2-1-3-14(19)5-4-13/h6-9,13-15,20H,1-5,10-11H2,(H,18,21)/t13-,14+,15?. The molecule has 5 nitrogen and oxygen atoms in total. The molecule has 3 atom stereocenters. The molecule has 1 aromatic heterocycles. The van der Waals surface area contributed by atoms with E-state index in [1.807, 2.05) is 0 Å². The van der Waals surface area contributed by atoms with Gasteiger partial charge < -0.3 is 10.4 Å². The molecule has 2 saturated heterocycles. The number of aromatic nitrogens is 1. The van der Waals surface area contributed by atoms with Gasteiger partial charge in [-0.25, -0.2) is 0 Å². The summed E-state index contributed by atoms with van der Waals surface area (Å²) in [5.41, 5.74) is 0.579. The Hall–Kier alpha value is -1.46. The second-order valence-electron chi connectivity index (χ2n) is 6.11. The Morgan fingerprint density at radius 3 is 2.62 bits per heavy atom. The molecule has 2 N–H and O–H groups in total. The van der Waals surface area contributed by atoms with Crippen LogP contribution in [0.4, 0.5) is 0 Å². The molecule has 3 heterocycles. The molecule has 0 saturated carbocycles. The van der Waals surface area contributed by atoms with Gasteiger partial charge in [-0.1, -0.05) is 6.42 Å². The first kappa shape index (κ1) is 14.5. The number of aliphatic hydroxyl groups excluding tert-OH is 1. The van der Waals surface area contributed by atoms with Gasteiger partial charge in [0.25, 0.3) is 5.91 Å². The van der Waals surface area contributed by atoms with Gasteiger partial charge in [0.05, 0.1) is 6.10 Å². The smallest absolute Gasteiger partial charge is 0.251 e. The van der Waals surface area contributed by atoms with Gasteiger partial charge in [0.1, 0.15) is 0 Å². The lowest BCUT2D eigenvalue weighted by atomic mass is 10.0. The molecule has 1 unspecified atom stereocenters. The molecule has 0 radical (unpaired) electrons. The maximum Gasteiger partial charge on any atom is 0.251 e. The first-order valence-electron chi connectivity index (χ1n) is 7.86. The minimum absolute atomic E-state index is 0.155. The first-order valence-corrected chi connectivity index (χ1v) is 7.86. The lowest BCUT2D eigenvalue weighted by Crippen LogP contribution is -2.46. The molecule has 2 aliphatic rings. The van der Waals surface area contributed by atoms with Gasteiger partial charge in [0, 0.05) is 43.1 Å². The Morgan fingerprint density at radius 2 is 1.95 bits per heavy atom. The topological polar surface area (TPSA) is 65.5 Å². The van der Waals surface area contributed by atoms with Gasteiger partial charge in [-0.3, -0.25) is 14.7 Å². The van der Waals surface area contributed by atoms with Gasteiger partial charge in [-0.15, -0.1) is 0 Å². The fraction of sp³-hybridized carbons (Fsp3) is 0.625. The maximum atomic E-state index is 11.9. The number of carbonyl (C=O) groups excluding carboxylic acids is 1. The lowest BCUT2D eigenvalue weighted by Gasteiger charge is -2.36. The van der Waals surface area contributed by atoms with Crippen molar-refractivity contribution in [2.45, 2.75) is 50.3 Å². The summed E-state index contributed by atoms with van der Waals surface area (Å²) in [5.74, 6) is -0.155. The minimum atomic E-state index is -0.503. The number of fused-ring (bicyclic) bond motifs is 2. The summed E-state index contributed by atoms with van der Waals surface area (Å²) >= 11 is 0. The molecule has 2 fully saturated rings. The zero-order valence-corrected chi connectivity index (χ0v) is 12.2. The van der Waals surface area contributed by atoms with Crippen LogP contribution in [0.3, 0.4) is 0 Å². The predicted molar refractivity (Wildman–Crippen MR) is 79.9 cm³/mol. The second kappa shape index (κ2) is 6.54. The molecule has 3 rings (SSSR count). The van der Waals surface area contributed by atoms with E-state index in [4.69, 9.17) is 0 Å². The average molecular weight is 289 g/mol. The van der Waals surface area contributed by atoms with Crippen LogP contribution in [-0.4, -0.2) is 52.2 Å². The van der Waals surface area contributed by atoms with Crippen molar-refractivity contribution in [2.75, 3.05) is 13.1 Å². The van der Waals surface area contributed by atoms with E-state index in [0.29, 0.717) is 30.7 Å². The highest BCUT2D eigenvalue weighted by Crippen LogP contribution is 2.35. The molecule has 2 aliphatic heterocycles. The average Bonchev–Trinajstić information content (AvgIpc) is 2.74. The largest absolute Gasteiger partial charge is 0.390 e. The van der Waals surface area contributed by atoms with Crippen LogP contribution in [0.2, 0.25) is 0 Å². The molecule has 0 aromatic carbocycles. The summed E-state index contributed by atoms with van der Waals surface area (Å²) in [7, 11) is 0. The van der Waals surface area contributed by atoms with Crippen molar-refractivity contribution in [3.8, 4) is 0 Å². The number of nitrogens with one attached hydrogen (secondary N) is 1. The Kier molecular flexibility index (Phi) is 4.51. The highest BCUT2D eigenvalue weighted by Gasteiger charge is 2.36. The minimum Gasteiger partial charge on any atom is -0.390 e. The van der Waals surface area contributed by atoms with Crippen LogP contribution in [0.1, 0.15) is 42.5 Å². The molecule has 2 bridgehead atoms. The predicted octanol–water partition coefficient (Wildman–Crippen LogP) is 1.19. The third kappa shape index (κ3) is 3.41. The monoisotopic (exact) mass is 289 g/mol. The zero-order valence-electron chi connectivity index (χ0n) is 12.2. The van der Waals surface area contributed by atoms with Gasteiger partial charge in [-0.05, 0) is 37.8 Å². The van der Waals surface area contributed by atoms with Crippen molar-refractivity contribution >= 4 is 5.91 Å². The van der Waals surface area contributed by atoms with Gasteiger partial charge in [-0.2, -0.15) is 0 Å². The number of pyridine rings is 1. The van der Waals surface area contributed by atoms with E-state index < -0.39 is 6.10 Å². The lowest BCUT2D eigenvalue weighted by molar-refractivity contribution is 0.0596. The summed E-state index contributed by atoms with van der Waals surface area (Å²) in [6, 6.07) is 4.64. The zero-order chi connectivity index (χ0) is 14.7. The highest BCUT2D eigenvalue weighted by molar-refractivity contribution is 5.93. The van der Waals surface area contributed by atoms with Crippen molar-refractivity contribution in [2.24, 2.45) is 0 Å². The molecular formula is C16H23N3O2. The third-order valence-electron chi connectivity index (χ3n) is 4.71. The quantitative estimate of drug-likeness (QED) is 0.854. The molecule has 21 heavy (non-hydrogen) atoms. The normalized spacial score (nSPS) is 26.5. The van der Waals surface area contributed by atoms with E-state index in [1.165, 1.54) is 32.1 Å². The molecule has 1 aromatic rings. The van der Waals surface area contributed by atoms with Crippen LogP contribution in [0, 0.1) is 0 Å². The Morgan fingerprint density at radius 1 is 1.29 bits per heavy atom. The van der Waals surface area contributed by atoms with E-state index in [2.05, 4.69) is 15.2 Å². The van der Waals surface area contributed by atoms with Crippen LogP contribution >= 0.6 is 0 Å². The summed E-state index contributed by atoms with van der Waals surface area (Å²) in [5, 5.41) is 13.0. The maximum absolute atomic E-state index is 11.9. The van der Waals surface area contributed by atoms with Crippen molar-refractivity contribution in [3.05, 3.63) is 30.1 Å². The fourth-order valence-electron chi connectivity index (χ4n) is 3.65. The SMILES string of the molecule is O=C(NCC(O)CN1[C@@H]2CCC[C@H]1CC2)c1ccncc1. The number of piperidine rings is 1. The number of nitrogens with zero attached hydrogens (tertiary/aromatic N) is 2. The van der Waals surface area contributed by atoms with E-state index in [1.54, 1.807) is 24.5 Å². The summed E-state index contributed by atoms with van der Waals surface area (Å²) in [6.45, 7) is 0.975. The molecular weight excluding hydrogens is 266 g/mol. The Balaban J connectivity index is 1.46. The highest BCUT2D eigenvalue weighted by atomic mass is 16.3. The molecule has 0 aliphatic carbocycles. The number of rotatable bonds is 5. The van der Waals surface area contributed by atoms with Crippen LogP contribution in [0.25, 0.3) is 0 Å². The molecule has 0 spiro atoms. The number of hydrogen-bond donors (Lipinski definition) is 2. The molecule has 114 valence electrons. The Labute approximate surface area is 125 Å². The van der Waals surface area contributed by atoms with Crippen LogP contribution in [0.5, 0.6) is 0 Å². The van der Waals surface area contributed by atoms with Crippen molar-refractivity contribution < 1.29 is 9.90 Å².